The number of methoxy groups -OCH3 is 1. The Balaban J connectivity index is 1.26. The monoisotopic (exact) mass is 525 g/mol. The number of nitrogens with one attached hydrogen (secondary N) is 1. The summed E-state index contributed by atoms with van der Waals surface area (Å²) < 4.78 is 17.2. The van der Waals surface area contributed by atoms with E-state index >= 15 is 0 Å². The van der Waals surface area contributed by atoms with Gasteiger partial charge >= 0.3 is 0 Å². The summed E-state index contributed by atoms with van der Waals surface area (Å²) in [4.78, 5) is 18.8. The lowest BCUT2D eigenvalue weighted by atomic mass is 10.1. The minimum absolute atomic E-state index is 0.0907. The molecule has 0 bridgehead atoms. The van der Waals surface area contributed by atoms with E-state index in [-0.39, 0.29) is 11.4 Å². The van der Waals surface area contributed by atoms with Crippen LogP contribution < -0.4 is 14.2 Å². The Labute approximate surface area is 225 Å². The maximum absolute atomic E-state index is 12.8. The molecule has 0 aliphatic carbocycles. The quantitative estimate of drug-likeness (QED) is 0.266. The summed E-state index contributed by atoms with van der Waals surface area (Å²) in [5, 5.41) is 11.2. The highest BCUT2D eigenvalue weighted by Crippen LogP contribution is 2.37. The molecule has 38 heavy (non-hydrogen) atoms. The molecule has 0 saturated heterocycles. The van der Waals surface area contributed by atoms with E-state index in [1.807, 2.05) is 73.0 Å². The zero-order valence-electron chi connectivity index (χ0n) is 21.1. The van der Waals surface area contributed by atoms with Crippen molar-refractivity contribution in [3.8, 4) is 17.2 Å². The van der Waals surface area contributed by atoms with Gasteiger partial charge in [0.15, 0.2) is 16.7 Å². The van der Waals surface area contributed by atoms with Crippen molar-refractivity contribution >= 4 is 40.4 Å². The largest absolute Gasteiger partial charge is 0.493 e. The Bertz CT molecular complexity index is 1460. The van der Waals surface area contributed by atoms with Crippen molar-refractivity contribution in [1.29, 1.82) is 5.41 Å². The third-order valence-corrected chi connectivity index (χ3v) is 6.81. The lowest BCUT2D eigenvalue weighted by molar-refractivity contribution is -0.114. The lowest BCUT2D eigenvalue weighted by Gasteiger charge is -2.27. The van der Waals surface area contributed by atoms with Gasteiger partial charge < -0.3 is 14.2 Å². The number of hydrogen-bond acceptors (Lipinski definition) is 6. The summed E-state index contributed by atoms with van der Waals surface area (Å²) in [6.45, 7) is 3.03. The average Bonchev–Trinajstić information content (AvgIpc) is 3.35. The van der Waals surface area contributed by atoms with Crippen LogP contribution in [-0.4, -0.2) is 42.1 Å². The van der Waals surface area contributed by atoms with Gasteiger partial charge in [-0.15, -0.1) is 0 Å². The van der Waals surface area contributed by atoms with Gasteiger partial charge in [-0.2, -0.15) is 4.99 Å². The Hall–Kier alpha value is -4.30. The molecular weight excluding hydrogens is 498 g/mol. The van der Waals surface area contributed by atoms with E-state index in [1.54, 1.807) is 30.2 Å². The minimum Gasteiger partial charge on any atom is -0.493 e. The van der Waals surface area contributed by atoms with E-state index in [4.69, 9.17) is 19.6 Å². The highest BCUT2D eigenvalue weighted by molar-refractivity contribution is 8.17. The molecule has 0 saturated carbocycles. The number of benzene rings is 3. The summed E-state index contributed by atoms with van der Waals surface area (Å²) in [5.41, 5.74) is 3.85. The molecule has 0 radical (unpaired) electrons. The van der Waals surface area contributed by atoms with E-state index in [0.29, 0.717) is 41.9 Å². The molecule has 2 heterocycles. The lowest BCUT2D eigenvalue weighted by Crippen LogP contribution is -2.38. The van der Waals surface area contributed by atoms with Crippen LogP contribution in [0.2, 0.25) is 0 Å². The molecular formula is C30H27N3O4S. The topological polar surface area (TPSA) is 84.2 Å². The third kappa shape index (κ3) is 5.50. The number of thioether (sulfide) groups is 1. The van der Waals surface area contributed by atoms with Gasteiger partial charge in [0.25, 0.3) is 5.91 Å². The Kier molecular flexibility index (Phi) is 7.60. The summed E-state index contributed by atoms with van der Waals surface area (Å²) in [6, 6.07) is 23.1. The van der Waals surface area contributed by atoms with Gasteiger partial charge in [-0.3, -0.25) is 15.1 Å². The van der Waals surface area contributed by atoms with Gasteiger partial charge in [-0.25, -0.2) is 0 Å². The molecule has 0 aromatic heterocycles. The highest BCUT2D eigenvalue weighted by atomic mass is 32.2. The second kappa shape index (κ2) is 11.4. The second-order valence-electron chi connectivity index (χ2n) is 8.71. The smallest absolute Gasteiger partial charge is 0.283 e. The first kappa shape index (κ1) is 25.4. The minimum atomic E-state index is -0.440. The predicted octanol–water partition coefficient (Wildman–Crippen LogP) is 6.16. The summed E-state index contributed by atoms with van der Waals surface area (Å²) >= 11 is 1.34. The predicted molar refractivity (Wildman–Crippen MR) is 152 cm³/mol. The van der Waals surface area contributed by atoms with E-state index in [9.17, 15) is 4.79 Å². The molecule has 0 spiro atoms. The molecule has 3 aromatic carbocycles. The van der Waals surface area contributed by atoms with Crippen molar-refractivity contribution < 1.29 is 19.0 Å². The van der Waals surface area contributed by atoms with Crippen LogP contribution >= 0.6 is 11.8 Å². The number of amidine groups is 2. The Morgan fingerprint density at radius 2 is 1.79 bits per heavy atom. The number of carbonyl (C=O) groups excluding carboxylic acids is 1. The van der Waals surface area contributed by atoms with Crippen LogP contribution in [0.1, 0.15) is 23.1 Å². The number of rotatable bonds is 9. The average molecular weight is 526 g/mol. The zero-order chi connectivity index (χ0) is 26.5. The van der Waals surface area contributed by atoms with Crippen LogP contribution in [-0.2, 0) is 4.79 Å². The number of fused-ring (bicyclic) bond motifs is 1. The molecule has 1 N–H and O–H groups in total. The third-order valence-electron chi connectivity index (χ3n) is 5.99. The molecule has 192 valence electrons. The first-order valence-corrected chi connectivity index (χ1v) is 13.1. The first-order valence-electron chi connectivity index (χ1n) is 12.2. The maximum Gasteiger partial charge on any atom is 0.283 e. The number of nitrogens with zero attached hydrogens (tertiary/aromatic N) is 2. The molecule has 0 atom stereocenters. The van der Waals surface area contributed by atoms with Gasteiger partial charge in [0.05, 0.1) is 31.6 Å². The molecule has 7 nitrogen and oxygen atoms in total. The standard InChI is InChI=1S/C30H27N3O4S/c1-20-8-6-11-23(16-20)36-14-7-15-37-26-13-12-21(18-27(26)35-2)17-24-28(31)33-25(22-9-4-3-5-10-22)19-38-30(33)32-29(24)34/h3-6,8-13,16-19,31H,7,14-15H2,1-2H3/b24-17+,31-28?. The fourth-order valence-electron chi connectivity index (χ4n) is 4.11. The molecule has 8 heteroatoms. The van der Waals surface area contributed by atoms with E-state index < -0.39 is 5.91 Å². The van der Waals surface area contributed by atoms with Crippen molar-refractivity contribution in [3.05, 3.63) is 100 Å². The highest BCUT2D eigenvalue weighted by Gasteiger charge is 2.36. The molecule has 1 amide bonds. The summed E-state index contributed by atoms with van der Waals surface area (Å²) in [7, 11) is 1.57. The number of ether oxygens (including phenoxy) is 3. The van der Waals surface area contributed by atoms with E-state index in [0.717, 1.165) is 22.6 Å². The Morgan fingerprint density at radius 3 is 2.58 bits per heavy atom. The zero-order valence-corrected chi connectivity index (χ0v) is 22.0. The molecule has 5 rings (SSSR count). The molecule has 3 aromatic rings. The number of aliphatic imine (C=N–C) groups is 1. The molecule has 2 aliphatic rings. The number of amides is 1. The van der Waals surface area contributed by atoms with Crippen LogP contribution in [0.4, 0.5) is 0 Å². The number of hydrogen-bond donors (Lipinski definition) is 1. The summed E-state index contributed by atoms with van der Waals surface area (Å²) in [6.07, 6.45) is 2.37. The Morgan fingerprint density at radius 1 is 0.974 bits per heavy atom. The fraction of sp³-hybridized carbons (Fsp3) is 0.167. The van der Waals surface area contributed by atoms with Gasteiger partial charge in [0.1, 0.15) is 11.6 Å². The van der Waals surface area contributed by atoms with Crippen LogP contribution in [0, 0.1) is 12.3 Å². The van der Waals surface area contributed by atoms with Gasteiger partial charge in [0.2, 0.25) is 0 Å². The van der Waals surface area contributed by atoms with Crippen LogP contribution in [0.15, 0.2) is 88.8 Å². The van der Waals surface area contributed by atoms with E-state index in [2.05, 4.69) is 4.99 Å². The molecule has 0 fully saturated rings. The van der Waals surface area contributed by atoms with Crippen molar-refractivity contribution in [2.45, 2.75) is 13.3 Å². The van der Waals surface area contributed by atoms with Crippen molar-refractivity contribution in [2.75, 3.05) is 20.3 Å². The first-order chi connectivity index (χ1) is 18.5. The summed E-state index contributed by atoms with van der Waals surface area (Å²) in [5.74, 6) is 1.64. The van der Waals surface area contributed by atoms with Gasteiger partial charge in [0, 0.05) is 11.8 Å². The SMILES string of the molecule is COc1cc(/C=C2\C(=N)N3C(c4ccccc4)=CSC3=NC2=O)ccc1OCCCOc1cccc(C)c1. The molecule has 0 unspecified atom stereocenters. The van der Waals surface area contributed by atoms with Crippen molar-refractivity contribution in [1.82, 2.24) is 4.90 Å². The fourth-order valence-corrected chi connectivity index (χ4v) is 5.00. The number of aryl methyl sites for hydroxylation is 1. The van der Waals surface area contributed by atoms with Crippen LogP contribution in [0.25, 0.3) is 11.8 Å². The molecule has 2 aliphatic heterocycles. The number of carbonyl (C=O) groups is 1. The van der Waals surface area contributed by atoms with Crippen molar-refractivity contribution in [3.63, 3.8) is 0 Å². The van der Waals surface area contributed by atoms with Gasteiger partial charge in [-0.05, 0) is 54.0 Å². The van der Waals surface area contributed by atoms with Crippen LogP contribution in [0.5, 0.6) is 17.2 Å². The van der Waals surface area contributed by atoms with Crippen LogP contribution in [0.3, 0.4) is 0 Å². The second-order valence-corrected chi connectivity index (χ2v) is 9.54. The van der Waals surface area contributed by atoms with Crippen molar-refractivity contribution in [2.24, 2.45) is 4.99 Å². The maximum atomic E-state index is 12.8. The normalized spacial score (nSPS) is 15.7. The van der Waals surface area contributed by atoms with E-state index in [1.165, 1.54) is 11.8 Å². The van der Waals surface area contributed by atoms with Gasteiger partial charge in [-0.1, -0.05) is 60.3 Å².